The number of amides is 2. The molecule has 0 saturated carbocycles. The molecule has 0 saturated heterocycles. The summed E-state index contributed by atoms with van der Waals surface area (Å²) < 4.78 is 34.8. The zero-order valence-corrected chi connectivity index (χ0v) is 26.5. The highest BCUT2D eigenvalue weighted by atomic mass is 35.5. The van der Waals surface area contributed by atoms with E-state index in [-0.39, 0.29) is 29.5 Å². The third kappa shape index (κ3) is 7.98. The average molecular weight is 634 g/mol. The van der Waals surface area contributed by atoms with Gasteiger partial charge in [-0.15, -0.1) is 0 Å². The lowest BCUT2D eigenvalue weighted by molar-refractivity contribution is -0.139. The number of sulfonamides is 1. The van der Waals surface area contributed by atoms with E-state index in [4.69, 9.17) is 16.3 Å². The first-order valence-corrected chi connectivity index (χ1v) is 16.1. The van der Waals surface area contributed by atoms with E-state index in [1.165, 1.54) is 24.1 Å². The number of carbonyl (C=O) groups excluding carboxylic acids is 2. The van der Waals surface area contributed by atoms with Crippen molar-refractivity contribution in [1.29, 1.82) is 0 Å². The lowest BCUT2D eigenvalue weighted by Crippen LogP contribution is -2.53. The monoisotopic (exact) mass is 633 g/mol. The summed E-state index contributed by atoms with van der Waals surface area (Å²) in [5, 5.41) is 3.10. The summed E-state index contributed by atoms with van der Waals surface area (Å²) in [6, 6.07) is 28.4. The zero-order valence-electron chi connectivity index (χ0n) is 24.9. The van der Waals surface area contributed by atoms with Crippen LogP contribution in [0.5, 0.6) is 5.75 Å². The molecule has 0 aromatic heterocycles. The molecule has 0 unspecified atom stereocenters. The Hall–Kier alpha value is -4.34. The molecule has 0 spiro atoms. The number of aryl methyl sites for hydroxylation is 1. The maximum Gasteiger partial charge on any atom is 0.264 e. The van der Waals surface area contributed by atoms with Gasteiger partial charge in [-0.05, 0) is 67.4 Å². The average Bonchev–Trinajstić information content (AvgIpc) is 3.03. The molecule has 0 aliphatic heterocycles. The molecule has 0 radical (unpaired) electrons. The van der Waals surface area contributed by atoms with Crippen LogP contribution < -0.4 is 14.4 Å². The maximum absolute atomic E-state index is 14.4. The van der Waals surface area contributed by atoms with Gasteiger partial charge in [0.2, 0.25) is 11.8 Å². The van der Waals surface area contributed by atoms with Gasteiger partial charge in [-0.3, -0.25) is 13.9 Å². The summed E-state index contributed by atoms with van der Waals surface area (Å²) in [5.74, 6) is -0.388. The highest BCUT2D eigenvalue weighted by Gasteiger charge is 2.34. The quantitative estimate of drug-likeness (QED) is 0.206. The zero-order chi connectivity index (χ0) is 31.7. The van der Waals surface area contributed by atoms with Crippen LogP contribution in [0.15, 0.2) is 108 Å². The van der Waals surface area contributed by atoms with Gasteiger partial charge in [0.25, 0.3) is 10.0 Å². The van der Waals surface area contributed by atoms with Gasteiger partial charge >= 0.3 is 0 Å². The Morgan fingerprint density at radius 3 is 2.14 bits per heavy atom. The van der Waals surface area contributed by atoms with Gasteiger partial charge in [0.15, 0.2) is 0 Å². The van der Waals surface area contributed by atoms with Crippen LogP contribution in [-0.2, 0) is 32.6 Å². The van der Waals surface area contributed by atoms with Crippen LogP contribution in [0.2, 0.25) is 5.02 Å². The number of halogens is 1. The fourth-order valence-electron chi connectivity index (χ4n) is 4.77. The molecule has 1 N–H and O–H groups in total. The van der Waals surface area contributed by atoms with E-state index in [0.717, 1.165) is 15.4 Å². The fraction of sp³-hybridized carbons (Fsp3) is 0.235. The Balaban J connectivity index is 1.79. The number of anilines is 1. The number of rotatable bonds is 13. The van der Waals surface area contributed by atoms with Crippen LogP contribution in [0.25, 0.3) is 0 Å². The Kier molecular flexibility index (Phi) is 11.0. The van der Waals surface area contributed by atoms with Crippen LogP contribution >= 0.6 is 11.6 Å². The molecule has 4 aromatic rings. The topological polar surface area (TPSA) is 96.0 Å². The molecular weight excluding hydrogens is 598 g/mol. The smallest absolute Gasteiger partial charge is 0.264 e. The van der Waals surface area contributed by atoms with Crippen LogP contribution in [-0.4, -0.2) is 51.4 Å². The maximum atomic E-state index is 14.4. The van der Waals surface area contributed by atoms with E-state index in [0.29, 0.717) is 22.9 Å². The Morgan fingerprint density at radius 2 is 1.52 bits per heavy atom. The van der Waals surface area contributed by atoms with Gasteiger partial charge in [0.05, 0.1) is 17.2 Å². The molecule has 44 heavy (non-hydrogen) atoms. The Morgan fingerprint density at radius 1 is 0.886 bits per heavy atom. The van der Waals surface area contributed by atoms with Crippen molar-refractivity contribution in [2.75, 3.05) is 24.5 Å². The summed E-state index contributed by atoms with van der Waals surface area (Å²) in [6.45, 7) is 3.60. The first-order chi connectivity index (χ1) is 21.1. The van der Waals surface area contributed by atoms with E-state index in [1.54, 1.807) is 60.7 Å². The molecule has 8 nitrogen and oxygen atoms in total. The minimum Gasteiger partial charge on any atom is -0.494 e. The first kappa shape index (κ1) is 32.6. The van der Waals surface area contributed by atoms with Gasteiger partial charge < -0.3 is 15.0 Å². The molecule has 0 fully saturated rings. The van der Waals surface area contributed by atoms with E-state index in [1.807, 2.05) is 44.2 Å². The van der Waals surface area contributed by atoms with E-state index in [2.05, 4.69) is 5.32 Å². The normalized spacial score (nSPS) is 11.8. The number of hydrogen-bond donors (Lipinski definition) is 1. The van der Waals surface area contributed by atoms with Crippen LogP contribution in [0.3, 0.4) is 0 Å². The minimum absolute atomic E-state index is 0.00881. The molecule has 10 heteroatoms. The van der Waals surface area contributed by atoms with Crippen molar-refractivity contribution in [3.63, 3.8) is 0 Å². The summed E-state index contributed by atoms with van der Waals surface area (Å²) in [5.41, 5.74) is 2.64. The lowest BCUT2D eigenvalue weighted by atomic mass is 10.0. The summed E-state index contributed by atoms with van der Waals surface area (Å²) in [4.78, 5) is 29.2. The summed E-state index contributed by atoms with van der Waals surface area (Å²) in [6.07, 6.45) is 0.213. The van der Waals surface area contributed by atoms with Crippen molar-refractivity contribution in [3.05, 3.63) is 125 Å². The molecule has 230 valence electrons. The second kappa shape index (κ2) is 14.9. The number of carbonyl (C=O) groups is 2. The van der Waals surface area contributed by atoms with Crippen molar-refractivity contribution < 1.29 is 22.7 Å². The largest absolute Gasteiger partial charge is 0.494 e. The first-order valence-electron chi connectivity index (χ1n) is 14.2. The Bertz CT molecular complexity index is 1660. The SMILES string of the molecule is CCOc1ccc(N(CC(=O)N(Cc2ccccc2Cl)[C@@H](Cc2ccccc2)C(=O)NC)S(=O)(=O)c2ccc(C)cc2)cc1. The molecule has 4 rings (SSSR count). The van der Waals surface area contributed by atoms with Gasteiger partial charge in [0.1, 0.15) is 18.3 Å². The van der Waals surface area contributed by atoms with Gasteiger partial charge in [-0.1, -0.05) is 77.8 Å². The van der Waals surface area contributed by atoms with Gasteiger partial charge in [0, 0.05) is 25.0 Å². The van der Waals surface area contributed by atoms with E-state index in [9.17, 15) is 18.0 Å². The number of ether oxygens (including phenoxy) is 1. The predicted octanol–water partition coefficient (Wildman–Crippen LogP) is 5.63. The lowest BCUT2D eigenvalue weighted by Gasteiger charge is -2.33. The minimum atomic E-state index is -4.20. The number of benzene rings is 4. The molecule has 0 aliphatic rings. The van der Waals surface area contributed by atoms with Gasteiger partial charge in [-0.2, -0.15) is 0 Å². The summed E-state index contributed by atoms with van der Waals surface area (Å²) >= 11 is 6.50. The standard InChI is InChI=1S/C34H36ClN3O5S/c1-4-43-29-18-16-28(17-19-29)38(44(41,42)30-20-14-25(2)15-21-30)24-33(39)37(23-27-12-8-9-13-31(27)35)32(34(40)36-3)22-26-10-6-5-7-11-26/h5-21,32H,4,22-24H2,1-3H3,(H,36,40)/t32-/m0/s1. The molecule has 1 atom stereocenters. The van der Waals surface area contributed by atoms with E-state index < -0.39 is 28.5 Å². The van der Waals surface area contributed by atoms with Crippen molar-refractivity contribution in [2.45, 2.75) is 37.8 Å². The van der Waals surface area contributed by atoms with Crippen LogP contribution in [0, 0.1) is 6.92 Å². The third-order valence-corrected chi connectivity index (χ3v) is 9.30. The molecule has 0 bridgehead atoms. The second-order valence-corrected chi connectivity index (χ2v) is 12.5. The fourth-order valence-corrected chi connectivity index (χ4v) is 6.38. The van der Waals surface area contributed by atoms with E-state index >= 15 is 0 Å². The highest BCUT2D eigenvalue weighted by molar-refractivity contribution is 7.92. The van der Waals surface area contributed by atoms with Crippen molar-refractivity contribution in [3.8, 4) is 5.75 Å². The molecule has 2 amide bonds. The summed E-state index contributed by atoms with van der Waals surface area (Å²) in [7, 11) is -2.69. The third-order valence-electron chi connectivity index (χ3n) is 7.14. The van der Waals surface area contributed by atoms with Gasteiger partial charge in [-0.25, -0.2) is 8.42 Å². The van der Waals surface area contributed by atoms with Crippen molar-refractivity contribution >= 4 is 39.1 Å². The number of nitrogens with one attached hydrogen (secondary N) is 1. The molecule has 0 aliphatic carbocycles. The number of hydrogen-bond acceptors (Lipinski definition) is 5. The van der Waals surface area contributed by atoms with Crippen molar-refractivity contribution in [2.24, 2.45) is 0 Å². The van der Waals surface area contributed by atoms with Crippen LogP contribution in [0.1, 0.15) is 23.6 Å². The number of likely N-dealkylation sites (N-methyl/N-ethyl adjacent to an activating group) is 1. The van der Waals surface area contributed by atoms with Crippen LogP contribution in [0.4, 0.5) is 5.69 Å². The Labute approximate surface area is 264 Å². The molecule has 0 heterocycles. The number of nitrogens with zero attached hydrogens (tertiary/aromatic N) is 2. The molecular formula is C34H36ClN3O5S. The molecule has 4 aromatic carbocycles. The second-order valence-electron chi connectivity index (χ2n) is 10.2. The highest BCUT2D eigenvalue weighted by Crippen LogP contribution is 2.28. The predicted molar refractivity (Wildman–Crippen MR) is 173 cm³/mol. The van der Waals surface area contributed by atoms with Crippen molar-refractivity contribution in [1.82, 2.24) is 10.2 Å².